The highest BCUT2D eigenvalue weighted by molar-refractivity contribution is 6.07. The second kappa shape index (κ2) is 7.14. The zero-order valence-corrected chi connectivity index (χ0v) is 14.4. The predicted octanol–water partition coefficient (Wildman–Crippen LogP) is 4.75. The van der Waals surface area contributed by atoms with Crippen LogP contribution in [0, 0.1) is 0 Å². The van der Waals surface area contributed by atoms with Crippen LogP contribution < -0.4 is 4.90 Å². The molecule has 120 valence electrons. The van der Waals surface area contributed by atoms with Crippen LogP contribution in [0.3, 0.4) is 0 Å². The highest BCUT2D eigenvalue weighted by atomic mass is 15.1. The zero-order chi connectivity index (χ0) is 16.9. The Bertz CT molecular complexity index is 802. The van der Waals surface area contributed by atoms with Gasteiger partial charge in [0, 0.05) is 26.8 Å². The SMILES string of the molecule is CN=C1C=CC(=C(c2ccccc2)c2ccc(N(C)C)cc2)C=C1. The number of benzene rings is 2. The van der Waals surface area contributed by atoms with Crippen molar-refractivity contribution in [3.63, 3.8) is 0 Å². The topological polar surface area (TPSA) is 15.6 Å². The summed E-state index contributed by atoms with van der Waals surface area (Å²) in [5.74, 6) is 0. The van der Waals surface area contributed by atoms with Gasteiger partial charge in [-0.25, -0.2) is 0 Å². The minimum Gasteiger partial charge on any atom is -0.378 e. The van der Waals surface area contributed by atoms with Gasteiger partial charge in [-0.2, -0.15) is 0 Å². The zero-order valence-electron chi connectivity index (χ0n) is 14.4. The van der Waals surface area contributed by atoms with Gasteiger partial charge in [-0.05, 0) is 46.6 Å². The highest BCUT2D eigenvalue weighted by Crippen LogP contribution is 2.30. The average molecular weight is 314 g/mol. The third-order valence-electron chi connectivity index (χ3n) is 4.15. The van der Waals surface area contributed by atoms with Crippen LogP contribution in [-0.2, 0) is 0 Å². The fourth-order valence-electron chi connectivity index (χ4n) is 2.81. The van der Waals surface area contributed by atoms with E-state index in [1.807, 2.05) is 7.05 Å². The van der Waals surface area contributed by atoms with Gasteiger partial charge in [-0.3, -0.25) is 4.99 Å². The van der Waals surface area contributed by atoms with Crippen molar-refractivity contribution in [1.29, 1.82) is 0 Å². The summed E-state index contributed by atoms with van der Waals surface area (Å²) in [7, 11) is 5.93. The molecule has 2 aromatic carbocycles. The van der Waals surface area contributed by atoms with Crippen LogP contribution in [0.25, 0.3) is 5.57 Å². The molecular weight excluding hydrogens is 292 g/mol. The average Bonchev–Trinajstić information content (AvgIpc) is 2.64. The van der Waals surface area contributed by atoms with Gasteiger partial charge in [-0.15, -0.1) is 0 Å². The van der Waals surface area contributed by atoms with Gasteiger partial charge in [0.15, 0.2) is 0 Å². The number of rotatable bonds is 3. The second-order valence-electron chi connectivity index (χ2n) is 5.95. The fourth-order valence-corrected chi connectivity index (χ4v) is 2.81. The summed E-state index contributed by atoms with van der Waals surface area (Å²) < 4.78 is 0. The third-order valence-corrected chi connectivity index (χ3v) is 4.15. The summed E-state index contributed by atoms with van der Waals surface area (Å²) in [6.45, 7) is 0. The van der Waals surface area contributed by atoms with E-state index in [1.165, 1.54) is 28.0 Å². The molecule has 1 aliphatic carbocycles. The molecule has 3 rings (SSSR count). The maximum atomic E-state index is 4.23. The molecule has 0 aliphatic heterocycles. The highest BCUT2D eigenvalue weighted by Gasteiger charge is 2.11. The quantitative estimate of drug-likeness (QED) is 0.798. The van der Waals surface area contributed by atoms with E-state index in [0.717, 1.165) is 5.71 Å². The number of nitrogens with zero attached hydrogens (tertiary/aromatic N) is 2. The predicted molar refractivity (Wildman–Crippen MR) is 105 cm³/mol. The minimum atomic E-state index is 0.995. The standard InChI is InChI=1S/C22H22N2/c1-23-20-13-9-18(10-14-20)22(17-7-5-4-6-8-17)19-11-15-21(16-12-19)24(2)3/h4-16H,1-3H3. The van der Waals surface area contributed by atoms with Crippen LogP contribution in [0.2, 0.25) is 0 Å². The first-order valence-corrected chi connectivity index (χ1v) is 8.09. The van der Waals surface area contributed by atoms with Crippen LogP contribution in [0.15, 0.2) is 89.5 Å². The maximum Gasteiger partial charge on any atom is 0.0571 e. The Morgan fingerprint density at radius 3 is 1.88 bits per heavy atom. The molecule has 2 heteroatoms. The fraction of sp³-hybridized carbons (Fsp3) is 0.136. The first-order valence-electron chi connectivity index (χ1n) is 8.09. The van der Waals surface area contributed by atoms with Gasteiger partial charge >= 0.3 is 0 Å². The summed E-state index contributed by atoms with van der Waals surface area (Å²) in [6, 6.07) is 19.2. The van der Waals surface area contributed by atoms with Gasteiger partial charge in [0.25, 0.3) is 0 Å². The molecule has 0 amide bonds. The molecule has 0 N–H and O–H groups in total. The normalized spacial score (nSPS) is 13.1. The molecule has 0 atom stereocenters. The van der Waals surface area contributed by atoms with E-state index >= 15 is 0 Å². The van der Waals surface area contributed by atoms with Crippen molar-refractivity contribution < 1.29 is 0 Å². The van der Waals surface area contributed by atoms with E-state index in [1.54, 1.807) is 0 Å². The Hall–Kier alpha value is -2.87. The number of aliphatic imine (C=N–C) groups is 1. The van der Waals surface area contributed by atoms with Crippen molar-refractivity contribution >= 4 is 17.0 Å². The molecule has 0 saturated carbocycles. The molecule has 0 spiro atoms. The molecule has 0 fully saturated rings. The van der Waals surface area contributed by atoms with Gasteiger partial charge in [0.2, 0.25) is 0 Å². The Balaban J connectivity index is 2.12. The lowest BCUT2D eigenvalue weighted by molar-refractivity contribution is 1.13. The monoisotopic (exact) mass is 314 g/mol. The lowest BCUT2D eigenvalue weighted by Crippen LogP contribution is -2.08. The first-order chi connectivity index (χ1) is 11.7. The number of hydrogen-bond donors (Lipinski definition) is 0. The molecule has 1 aliphatic rings. The molecule has 0 aromatic heterocycles. The Morgan fingerprint density at radius 2 is 1.33 bits per heavy atom. The van der Waals surface area contributed by atoms with Crippen molar-refractivity contribution in [3.05, 3.63) is 95.6 Å². The summed E-state index contributed by atoms with van der Waals surface area (Å²) in [6.07, 6.45) is 8.41. The maximum absolute atomic E-state index is 4.23. The van der Waals surface area contributed by atoms with E-state index in [0.29, 0.717) is 0 Å². The second-order valence-corrected chi connectivity index (χ2v) is 5.95. The van der Waals surface area contributed by atoms with Crippen molar-refractivity contribution in [2.45, 2.75) is 0 Å². The largest absolute Gasteiger partial charge is 0.378 e. The molecule has 0 heterocycles. The van der Waals surface area contributed by atoms with Gasteiger partial charge < -0.3 is 4.90 Å². The first kappa shape index (κ1) is 16.0. The van der Waals surface area contributed by atoms with E-state index < -0.39 is 0 Å². The van der Waals surface area contributed by atoms with Crippen LogP contribution in [0.1, 0.15) is 11.1 Å². The Kier molecular flexibility index (Phi) is 4.76. The lowest BCUT2D eigenvalue weighted by Gasteiger charge is -2.16. The molecule has 0 bridgehead atoms. The molecule has 0 unspecified atom stereocenters. The molecule has 0 radical (unpaired) electrons. The van der Waals surface area contributed by atoms with Crippen LogP contribution in [0.5, 0.6) is 0 Å². The van der Waals surface area contributed by atoms with Crippen molar-refractivity contribution in [1.82, 2.24) is 0 Å². The van der Waals surface area contributed by atoms with E-state index in [-0.39, 0.29) is 0 Å². The lowest BCUT2D eigenvalue weighted by atomic mass is 9.91. The number of allylic oxidation sites excluding steroid dienone is 5. The summed E-state index contributed by atoms with van der Waals surface area (Å²) in [5.41, 5.74) is 7.07. The van der Waals surface area contributed by atoms with Gasteiger partial charge in [-0.1, -0.05) is 54.6 Å². The van der Waals surface area contributed by atoms with Gasteiger partial charge in [0.05, 0.1) is 5.71 Å². The number of hydrogen-bond acceptors (Lipinski definition) is 2. The van der Waals surface area contributed by atoms with Crippen molar-refractivity contribution in [2.24, 2.45) is 4.99 Å². The van der Waals surface area contributed by atoms with E-state index in [4.69, 9.17) is 0 Å². The van der Waals surface area contributed by atoms with Crippen LogP contribution >= 0.6 is 0 Å². The summed E-state index contributed by atoms with van der Waals surface area (Å²) >= 11 is 0. The Labute approximate surface area is 144 Å². The molecular formula is C22H22N2. The summed E-state index contributed by atoms with van der Waals surface area (Å²) in [5, 5.41) is 0. The molecule has 0 saturated heterocycles. The van der Waals surface area contributed by atoms with Crippen LogP contribution in [0.4, 0.5) is 5.69 Å². The molecule has 24 heavy (non-hydrogen) atoms. The minimum absolute atomic E-state index is 0.995. The van der Waals surface area contributed by atoms with Gasteiger partial charge in [0.1, 0.15) is 0 Å². The van der Waals surface area contributed by atoms with E-state index in [9.17, 15) is 0 Å². The Morgan fingerprint density at radius 1 is 0.750 bits per heavy atom. The molecule has 2 aromatic rings. The third kappa shape index (κ3) is 3.38. The van der Waals surface area contributed by atoms with E-state index in [2.05, 4.69) is 103 Å². The smallest absolute Gasteiger partial charge is 0.0571 e. The molecule has 2 nitrogen and oxygen atoms in total. The van der Waals surface area contributed by atoms with Crippen LogP contribution in [-0.4, -0.2) is 26.9 Å². The van der Waals surface area contributed by atoms with Crippen molar-refractivity contribution in [3.8, 4) is 0 Å². The number of anilines is 1. The van der Waals surface area contributed by atoms with Crippen molar-refractivity contribution in [2.75, 3.05) is 26.0 Å². The summed E-state index contributed by atoms with van der Waals surface area (Å²) in [4.78, 5) is 6.35.